The van der Waals surface area contributed by atoms with Gasteiger partial charge in [0.05, 0.1) is 12.7 Å². The Morgan fingerprint density at radius 3 is 2.78 bits per heavy atom. The normalized spacial score (nSPS) is 12.7. The van der Waals surface area contributed by atoms with Crippen molar-refractivity contribution < 1.29 is 24.1 Å². The van der Waals surface area contributed by atoms with Gasteiger partial charge in [0.25, 0.3) is 0 Å². The molecule has 1 aliphatic rings. The third-order valence-electron chi connectivity index (χ3n) is 5.66. The quantitative estimate of drug-likeness (QED) is 0.241. The first kappa shape index (κ1) is 23.8. The van der Waals surface area contributed by atoms with E-state index < -0.39 is 5.97 Å². The number of aromatic nitrogens is 4. The maximum atomic E-state index is 12.1. The van der Waals surface area contributed by atoms with Crippen molar-refractivity contribution in [2.75, 3.05) is 13.9 Å². The lowest BCUT2D eigenvalue weighted by molar-refractivity contribution is -0.131. The first-order chi connectivity index (χ1) is 17.3. The first-order valence-corrected chi connectivity index (χ1v) is 12.0. The molecule has 9 nitrogen and oxygen atoms in total. The van der Waals surface area contributed by atoms with Crippen LogP contribution in [0.3, 0.4) is 0 Å². The second-order valence-corrected chi connectivity index (χ2v) is 9.37. The summed E-state index contributed by atoms with van der Waals surface area (Å²) in [5, 5.41) is 17.7. The zero-order chi connectivity index (χ0) is 25.4. The van der Waals surface area contributed by atoms with Gasteiger partial charge >= 0.3 is 5.97 Å². The number of carboxylic acids is 1. The largest absolute Gasteiger partial charge is 0.496 e. The van der Waals surface area contributed by atoms with Gasteiger partial charge in [-0.2, -0.15) is 0 Å². The number of thioether (sulfide) groups is 1. The number of fused-ring (bicyclic) bond motifs is 1. The maximum Gasteiger partial charge on any atom is 0.342 e. The molecular formula is C25H21ClN4O5S. The molecule has 5 rings (SSSR count). The Hall–Kier alpha value is -3.89. The Balaban J connectivity index is 1.45. The summed E-state index contributed by atoms with van der Waals surface area (Å²) in [5.74, 6) is 1.28. The summed E-state index contributed by atoms with van der Waals surface area (Å²) in [5.41, 5.74) is 4.11. The summed E-state index contributed by atoms with van der Waals surface area (Å²) in [6, 6.07) is 12.8. The van der Waals surface area contributed by atoms with Crippen LogP contribution in [-0.4, -0.2) is 44.7 Å². The van der Waals surface area contributed by atoms with Gasteiger partial charge in [0.15, 0.2) is 17.3 Å². The average molecular weight is 525 g/mol. The van der Waals surface area contributed by atoms with Gasteiger partial charge in [0.1, 0.15) is 10.7 Å². The fraction of sp³-hybridized carbons (Fsp3) is 0.160. The first-order valence-electron chi connectivity index (χ1n) is 10.8. The standard InChI is InChI=1S/C25H21ClN4O5S/c1-13-8-15(14(2)30(13)17-5-7-20-21(11-17)35-12-34-20)9-22(24(31)32)36-25-27-23(28-29-25)18-10-16(26)4-6-19(18)33-3/h4-11H,12H2,1-3H3,(H,31,32)(H,27,28,29)/b22-9+. The van der Waals surface area contributed by atoms with Crippen LogP contribution in [0.25, 0.3) is 23.2 Å². The number of halogens is 1. The highest BCUT2D eigenvalue weighted by Gasteiger charge is 2.19. The van der Waals surface area contributed by atoms with Gasteiger partial charge in [0, 0.05) is 28.2 Å². The molecule has 11 heteroatoms. The van der Waals surface area contributed by atoms with E-state index >= 15 is 0 Å². The molecule has 0 fully saturated rings. The van der Waals surface area contributed by atoms with Gasteiger partial charge in [0.2, 0.25) is 11.9 Å². The van der Waals surface area contributed by atoms with E-state index in [2.05, 4.69) is 15.2 Å². The molecule has 0 aliphatic carbocycles. The van der Waals surface area contributed by atoms with Crippen LogP contribution in [0.4, 0.5) is 0 Å². The van der Waals surface area contributed by atoms with Crippen molar-refractivity contribution >= 4 is 35.4 Å². The van der Waals surface area contributed by atoms with Gasteiger partial charge in [-0.25, -0.2) is 9.78 Å². The molecule has 1 aliphatic heterocycles. The summed E-state index contributed by atoms with van der Waals surface area (Å²) < 4.78 is 18.3. The number of carbonyl (C=O) groups is 1. The fourth-order valence-corrected chi connectivity index (χ4v) is 4.88. The highest BCUT2D eigenvalue weighted by molar-refractivity contribution is 8.04. The number of aliphatic carboxylic acids is 1. The van der Waals surface area contributed by atoms with Gasteiger partial charge in [-0.05, 0) is 73.6 Å². The SMILES string of the molecule is COc1ccc(Cl)cc1-c1nc(S/C(=C/c2cc(C)n(-c3ccc4c(c3)OCO4)c2C)C(=O)O)n[nH]1. The second-order valence-electron chi connectivity index (χ2n) is 7.93. The van der Waals surface area contributed by atoms with E-state index in [9.17, 15) is 9.90 Å². The number of H-pyrrole nitrogens is 1. The highest BCUT2D eigenvalue weighted by Crippen LogP contribution is 2.36. The Bertz CT molecular complexity index is 1510. The van der Waals surface area contributed by atoms with Crippen molar-refractivity contribution in [1.82, 2.24) is 19.7 Å². The summed E-state index contributed by atoms with van der Waals surface area (Å²) in [6.45, 7) is 4.09. The van der Waals surface area contributed by atoms with Crippen LogP contribution in [0.15, 0.2) is 52.5 Å². The van der Waals surface area contributed by atoms with Crippen LogP contribution < -0.4 is 14.2 Å². The molecule has 2 aromatic heterocycles. The van der Waals surface area contributed by atoms with E-state index in [0.717, 1.165) is 34.4 Å². The van der Waals surface area contributed by atoms with E-state index in [1.807, 2.05) is 42.7 Å². The van der Waals surface area contributed by atoms with Crippen LogP contribution in [0, 0.1) is 13.8 Å². The zero-order valence-corrected chi connectivity index (χ0v) is 21.1. The Morgan fingerprint density at radius 2 is 2.00 bits per heavy atom. The Labute approximate surface area is 215 Å². The van der Waals surface area contributed by atoms with Crippen LogP contribution in [-0.2, 0) is 4.79 Å². The predicted octanol–water partition coefficient (Wildman–Crippen LogP) is 5.49. The van der Waals surface area contributed by atoms with E-state index in [-0.39, 0.29) is 16.9 Å². The van der Waals surface area contributed by atoms with Crippen molar-refractivity contribution in [1.29, 1.82) is 0 Å². The molecule has 0 unspecified atom stereocenters. The molecule has 3 heterocycles. The molecule has 0 bridgehead atoms. The number of rotatable bonds is 7. The summed E-state index contributed by atoms with van der Waals surface area (Å²) in [6.07, 6.45) is 1.62. The van der Waals surface area contributed by atoms with Gasteiger partial charge in [-0.1, -0.05) is 11.6 Å². The minimum Gasteiger partial charge on any atom is -0.496 e. The lowest BCUT2D eigenvalue weighted by atomic mass is 10.2. The summed E-state index contributed by atoms with van der Waals surface area (Å²) in [4.78, 5) is 16.6. The fourth-order valence-electron chi connectivity index (χ4n) is 4.01. The highest BCUT2D eigenvalue weighted by atomic mass is 35.5. The Kier molecular flexibility index (Phi) is 6.38. The van der Waals surface area contributed by atoms with Crippen molar-refractivity contribution in [2.24, 2.45) is 0 Å². The van der Waals surface area contributed by atoms with Crippen molar-refractivity contribution in [3.8, 4) is 34.3 Å². The number of aryl methyl sites for hydroxylation is 1. The molecule has 2 aromatic carbocycles. The number of hydrogen-bond donors (Lipinski definition) is 2. The summed E-state index contributed by atoms with van der Waals surface area (Å²) >= 11 is 7.07. The van der Waals surface area contributed by atoms with Crippen molar-refractivity contribution in [3.63, 3.8) is 0 Å². The molecule has 36 heavy (non-hydrogen) atoms. The predicted molar refractivity (Wildman–Crippen MR) is 136 cm³/mol. The molecule has 4 aromatic rings. The van der Waals surface area contributed by atoms with E-state index in [1.54, 1.807) is 31.4 Å². The van der Waals surface area contributed by atoms with E-state index in [4.69, 9.17) is 25.8 Å². The number of aromatic amines is 1. The molecular weight excluding hydrogens is 504 g/mol. The number of benzene rings is 2. The van der Waals surface area contributed by atoms with Crippen molar-refractivity contribution in [3.05, 3.63) is 69.3 Å². The molecule has 0 amide bonds. The monoisotopic (exact) mass is 524 g/mol. The number of ether oxygens (including phenoxy) is 3. The zero-order valence-electron chi connectivity index (χ0n) is 19.5. The van der Waals surface area contributed by atoms with E-state index in [1.165, 1.54) is 0 Å². The van der Waals surface area contributed by atoms with Crippen LogP contribution in [0.1, 0.15) is 17.0 Å². The minimum atomic E-state index is -1.08. The molecule has 2 N–H and O–H groups in total. The molecule has 0 spiro atoms. The van der Waals surface area contributed by atoms with Crippen LogP contribution in [0.2, 0.25) is 5.02 Å². The summed E-state index contributed by atoms with van der Waals surface area (Å²) in [7, 11) is 1.55. The third-order valence-corrected chi connectivity index (χ3v) is 6.78. The maximum absolute atomic E-state index is 12.1. The number of nitrogens with zero attached hydrogens (tertiary/aromatic N) is 3. The molecule has 0 radical (unpaired) electrons. The lowest BCUT2D eigenvalue weighted by Gasteiger charge is -2.10. The average Bonchev–Trinajstić information content (AvgIpc) is 3.57. The molecule has 0 atom stereocenters. The number of methoxy groups -OCH3 is 1. The molecule has 0 saturated heterocycles. The van der Waals surface area contributed by atoms with Crippen molar-refractivity contribution in [2.45, 2.75) is 19.0 Å². The Morgan fingerprint density at radius 1 is 1.19 bits per heavy atom. The smallest absolute Gasteiger partial charge is 0.342 e. The second kappa shape index (κ2) is 9.63. The third kappa shape index (κ3) is 4.52. The van der Waals surface area contributed by atoms with Gasteiger partial charge < -0.3 is 23.9 Å². The van der Waals surface area contributed by atoms with Gasteiger partial charge in [-0.3, -0.25) is 5.10 Å². The number of nitrogens with one attached hydrogen (secondary N) is 1. The van der Waals surface area contributed by atoms with Crippen LogP contribution >= 0.6 is 23.4 Å². The van der Waals surface area contributed by atoms with Gasteiger partial charge in [-0.15, -0.1) is 5.10 Å². The minimum absolute atomic E-state index is 0.0737. The van der Waals surface area contributed by atoms with E-state index in [0.29, 0.717) is 33.7 Å². The molecule has 184 valence electrons. The number of carboxylic acid groups (broad SMARTS) is 1. The lowest BCUT2D eigenvalue weighted by Crippen LogP contribution is -2.00. The van der Waals surface area contributed by atoms with Crippen LogP contribution in [0.5, 0.6) is 17.2 Å². The topological polar surface area (TPSA) is 111 Å². The number of hydrogen-bond acceptors (Lipinski definition) is 7. The molecule has 0 saturated carbocycles.